The predicted octanol–water partition coefficient (Wildman–Crippen LogP) is 4.45. The summed E-state index contributed by atoms with van der Waals surface area (Å²) in [6.07, 6.45) is 13.4. The van der Waals surface area contributed by atoms with Crippen LogP contribution in [0.25, 0.3) is 0 Å². The molecule has 0 atom stereocenters. The number of hydrogen-bond donors (Lipinski definition) is 0. The van der Waals surface area contributed by atoms with Gasteiger partial charge in [-0.2, -0.15) is 0 Å². The van der Waals surface area contributed by atoms with E-state index in [1.807, 2.05) is 0 Å². The van der Waals surface area contributed by atoms with Crippen molar-refractivity contribution in [3.63, 3.8) is 0 Å². The zero-order chi connectivity index (χ0) is 10.8. The first-order valence-electron chi connectivity index (χ1n) is 6.82. The SMILES string of the molecule is CC1(OC2(C)CCCCC2)CCCCC1. The largest absolute Gasteiger partial charge is 0.369 e. The van der Waals surface area contributed by atoms with Crippen LogP contribution in [0.4, 0.5) is 0 Å². The Kier molecular flexibility index (Phi) is 3.39. The van der Waals surface area contributed by atoms with E-state index in [0.717, 1.165) is 0 Å². The minimum atomic E-state index is 0.199. The lowest BCUT2D eigenvalue weighted by atomic mass is 9.82. The Morgan fingerprint density at radius 3 is 1.27 bits per heavy atom. The Bertz CT molecular complexity index is 175. The molecule has 0 radical (unpaired) electrons. The van der Waals surface area contributed by atoms with Crippen LogP contribution >= 0.6 is 0 Å². The van der Waals surface area contributed by atoms with Gasteiger partial charge in [0.1, 0.15) is 0 Å². The molecule has 2 rings (SSSR count). The van der Waals surface area contributed by atoms with E-state index in [1.54, 1.807) is 0 Å². The second-order valence-corrected chi connectivity index (χ2v) is 6.12. The van der Waals surface area contributed by atoms with Gasteiger partial charge in [0, 0.05) is 0 Å². The van der Waals surface area contributed by atoms with E-state index >= 15 is 0 Å². The van der Waals surface area contributed by atoms with E-state index in [4.69, 9.17) is 4.74 Å². The predicted molar refractivity (Wildman–Crippen MR) is 64.1 cm³/mol. The van der Waals surface area contributed by atoms with Crippen molar-refractivity contribution in [1.82, 2.24) is 0 Å². The molecule has 0 aliphatic heterocycles. The molecule has 2 aliphatic rings. The van der Waals surface area contributed by atoms with Crippen LogP contribution in [-0.4, -0.2) is 11.2 Å². The van der Waals surface area contributed by atoms with Crippen LogP contribution in [0.5, 0.6) is 0 Å². The molecule has 0 aromatic heterocycles. The van der Waals surface area contributed by atoms with Gasteiger partial charge in [-0.15, -0.1) is 0 Å². The van der Waals surface area contributed by atoms with E-state index in [2.05, 4.69) is 13.8 Å². The van der Waals surface area contributed by atoms with Crippen molar-refractivity contribution in [3.8, 4) is 0 Å². The summed E-state index contributed by atoms with van der Waals surface area (Å²) in [6, 6.07) is 0. The lowest BCUT2D eigenvalue weighted by Crippen LogP contribution is -2.43. The summed E-state index contributed by atoms with van der Waals surface area (Å²) in [4.78, 5) is 0. The van der Waals surface area contributed by atoms with Crippen LogP contribution < -0.4 is 0 Å². The second kappa shape index (κ2) is 4.45. The van der Waals surface area contributed by atoms with Crippen molar-refractivity contribution < 1.29 is 4.74 Å². The van der Waals surface area contributed by atoms with Gasteiger partial charge in [-0.1, -0.05) is 38.5 Å². The molecule has 1 heteroatoms. The van der Waals surface area contributed by atoms with Crippen LogP contribution in [-0.2, 0) is 4.74 Å². The molecular weight excluding hydrogens is 184 g/mol. The summed E-state index contributed by atoms with van der Waals surface area (Å²) in [5, 5.41) is 0. The minimum Gasteiger partial charge on any atom is -0.369 e. The van der Waals surface area contributed by atoms with Gasteiger partial charge in [0.15, 0.2) is 0 Å². The Hall–Kier alpha value is -0.0400. The van der Waals surface area contributed by atoms with Crippen molar-refractivity contribution in [1.29, 1.82) is 0 Å². The maximum absolute atomic E-state index is 6.51. The van der Waals surface area contributed by atoms with Gasteiger partial charge in [-0.25, -0.2) is 0 Å². The third-order valence-corrected chi connectivity index (χ3v) is 4.32. The third kappa shape index (κ3) is 2.96. The Morgan fingerprint density at radius 1 is 0.600 bits per heavy atom. The molecule has 0 saturated heterocycles. The molecule has 88 valence electrons. The fraction of sp³-hybridized carbons (Fsp3) is 1.00. The van der Waals surface area contributed by atoms with Gasteiger partial charge in [-0.3, -0.25) is 0 Å². The molecule has 0 heterocycles. The van der Waals surface area contributed by atoms with E-state index in [-0.39, 0.29) is 11.2 Å². The molecule has 0 bridgehead atoms. The van der Waals surface area contributed by atoms with Gasteiger partial charge in [0.2, 0.25) is 0 Å². The molecule has 0 unspecified atom stereocenters. The molecule has 2 fully saturated rings. The maximum Gasteiger partial charge on any atom is 0.0662 e. The van der Waals surface area contributed by atoms with Gasteiger partial charge in [0.25, 0.3) is 0 Å². The molecule has 2 saturated carbocycles. The minimum absolute atomic E-state index is 0.199. The summed E-state index contributed by atoms with van der Waals surface area (Å²) in [5.41, 5.74) is 0.397. The zero-order valence-corrected chi connectivity index (χ0v) is 10.5. The average Bonchev–Trinajstić information content (AvgIpc) is 2.18. The first-order chi connectivity index (χ1) is 7.12. The molecule has 0 aromatic carbocycles. The van der Waals surface area contributed by atoms with Crippen LogP contribution in [0.15, 0.2) is 0 Å². The summed E-state index contributed by atoms with van der Waals surface area (Å²) in [5.74, 6) is 0. The van der Waals surface area contributed by atoms with Crippen molar-refractivity contribution in [2.45, 2.75) is 89.3 Å². The summed E-state index contributed by atoms with van der Waals surface area (Å²) < 4.78 is 6.51. The van der Waals surface area contributed by atoms with Gasteiger partial charge >= 0.3 is 0 Å². The summed E-state index contributed by atoms with van der Waals surface area (Å²) in [7, 11) is 0. The normalized spacial score (nSPS) is 30.0. The van der Waals surface area contributed by atoms with Crippen molar-refractivity contribution in [3.05, 3.63) is 0 Å². The second-order valence-electron chi connectivity index (χ2n) is 6.12. The Balaban J connectivity index is 1.93. The van der Waals surface area contributed by atoms with Crippen LogP contribution in [0.1, 0.15) is 78.1 Å². The molecule has 0 aromatic rings. The molecule has 0 spiro atoms. The lowest BCUT2D eigenvalue weighted by molar-refractivity contribution is -0.167. The highest BCUT2D eigenvalue weighted by Gasteiger charge is 2.37. The van der Waals surface area contributed by atoms with Crippen LogP contribution in [0.2, 0.25) is 0 Å². The fourth-order valence-electron chi connectivity index (χ4n) is 3.40. The molecule has 1 nitrogen and oxygen atoms in total. The van der Waals surface area contributed by atoms with E-state index in [0.29, 0.717) is 0 Å². The molecular formula is C14H26O. The zero-order valence-electron chi connectivity index (χ0n) is 10.5. The van der Waals surface area contributed by atoms with Crippen molar-refractivity contribution >= 4 is 0 Å². The van der Waals surface area contributed by atoms with Crippen LogP contribution in [0.3, 0.4) is 0 Å². The van der Waals surface area contributed by atoms with Gasteiger partial charge in [0.05, 0.1) is 11.2 Å². The highest BCUT2D eigenvalue weighted by Crippen LogP contribution is 2.40. The van der Waals surface area contributed by atoms with Crippen molar-refractivity contribution in [2.24, 2.45) is 0 Å². The number of ether oxygens (including phenoxy) is 1. The first kappa shape index (κ1) is 11.4. The fourth-order valence-corrected chi connectivity index (χ4v) is 3.40. The van der Waals surface area contributed by atoms with Gasteiger partial charge in [-0.05, 0) is 39.5 Å². The molecule has 0 amide bonds. The highest BCUT2D eigenvalue weighted by atomic mass is 16.5. The smallest absolute Gasteiger partial charge is 0.0662 e. The standard InChI is InChI=1S/C14H26O/c1-13(9-5-3-6-10-13)15-14(2)11-7-4-8-12-14/h3-12H2,1-2H3. The van der Waals surface area contributed by atoms with Crippen molar-refractivity contribution in [2.75, 3.05) is 0 Å². The quantitative estimate of drug-likeness (QED) is 0.654. The monoisotopic (exact) mass is 210 g/mol. The number of rotatable bonds is 2. The first-order valence-corrected chi connectivity index (χ1v) is 6.82. The lowest BCUT2D eigenvalue weighted by Gasteiger charge is -2.44. The van der Waals surface area contributed by atoms with E-state index in [9.17, 15) is 0 Å². The molecule has 15 heavy (non-hydrogen) atoms. The maximum atomic E-state index is 6.51. The van der Waals surface area contributed by atoms with Crippen LogP contribution in [0, 0.1) is 0 Å². The Morgan fingerprint density at radius 2 is 0.933 bits per heavy atom. The average molecular weight is 210 g/mol. The van der Waals surface area contributed by atoms with E-state index < -0.39 is 0 Å². The topological polar surface area (TPSA) is 9.23 Å². The Labute approximate surface area is 94.6 Å². The molecule has 0 N–H and O–H groups in total. The molecule has 2 aliphatic carbocycles. The number of hydrogen-bond acceptors (Lipinski definition) is 1. The summed E-state index contributed by atoms with van der Waals surface area (Å²) >= 11 is 0. The highest BCUT2D eigenvalue weighted by molar-refractivity contribution is 4.87. The summed E-state index contributed by atoms with van der Waals surface area (Å²) in [6.45, 7) is 4.68. The third-order valence-electron chi connectivity index (χ3n) is 4.32. The van der Waals surface area contributed by atoms with E-state index in [1.165, 1.54) is 64.2 Å². The van der Waals surface area contributed by atoms with Gasteiger partial charge < -0.3 is 4.74 Å².